The van der Waals surface area contributed by atoms with Gasteiger partial charge in [-0.05, 0) is 43.7 Å². The number of rotatable bonds is 15. The molecule has 0 spiro atoms. The van der Waals surface area contributed by atoms with Gasteiger partial charge in [0.25, 0.3) is 0 Å². The van der Waals surface area contributed by atoms with Crippen molar-refractivity contribution in [2.45, 2.75) is 58.2 Å². The van der Waals surface area contributed by atoms with Crippen molar-refractivity contribution in [3.63, 3.8) is 0 Å². The molecule has 1 aromatic carbocycles. The smallest absolute Gasteiger partial charge is 0.787 e. The molecule has 1 aromatic rings. The first-order chi connectivity index (χ1) is 15.5. The molecule has 0 radical (unpaired) electrons. The average Bonchev–Trinajstić information content (AvgIpc) is 2.75. The standard InChI is InChI=1S/C21H35N4O7P.2Li/c1-15(2)12-18(19(26)24-17(20(27)28)10-6-7-11-22)25-33(30,31)14-23-21(29)32-13-16-8-4-3-5-9-16;;/h3-5,8-9,15,17-18H,6-7,10-14,22H2,1-2H3,(H,23,29)(H,24,26)(H,27,28)(H2,25,30,31);;/q;2*+1/p-2/t17-,18-;;/m0../s1. The van der Waals surface area contributed by atoms with E-state index in [2.05, 4.69) is 15.7 Å². The zero-order chi connectivity index (χ0) is 24.9. The quantitative estimate of drug-likeness (QED) is 0.104. The molecule has 0 aliphatic carbocycles. The summed E-state index contributed by atoms with van der Waals surface area (Å²) in [5.74, 6) is -2.32. The predicted octanol–water partition coefficient (Wildman–Crippen LogP) is -6.20. The van der Waals surface area contributed by atoms with Crippen molar-refractivity contribution in [1.29, 1.82) is 0 Å². The van der Waals surface area contributed by atoms with Gasteiger partial charge in [0.1, 0.15) is 6.61 Å². The fourth-order valence-corrected chi connectivity index (χ4v) is 4.06. The minimum absolute atomic E-state index is 0. The Morgan fingerprint density at radius 3 is 2.26 bits per heavy atom. The number of nitrogens with two attached hydrogens (primary N) is 1. The van der Waals surface area contributed by atoms with Crippen LogP contribution in [0.1, 0.15) is 45.1 Å². The van der Waals surface area contributed by atoms with Gasteiger partial charge in [-0.1, -0.05) is 44.2 Å². The summed E-state index contributed by atoms with van der Waals surface area (Å²) in [6.45, 7) is 3.92. The van der Waals surface area contributed by atoms with E-state index in [9.17, 15) is 28.9 Å². The summed E-state index contributed by atoms with van der Waals surface area (Å²) in [4.78, 5) is 48.3. The number of hydrogen-bond acceptors (Lipinski definition) is 8. The third-order valence-electron chi connectivity index (χ3n) is 4.57. The summed E-state index contributed by atoms with van der Waals surface area (Å²) in [7, 11) is -4.45. The Kier molecular flexibility index (Phi) is 19.4. The van der Waals surface area contributed by atoms with Crippen molar-refractivity contribution >= 4 is 25.5 Å². The van der Waals surface area contributed by atoms with Gasteiger partial charge in [-0.15, -0.1) is 0 Å². The number of carboxylic acid groups (broad SMARTS) is 1. The van der Waals surface area contributed by atoms with Gasteiger partial charge < -0.3 is 40.5 Å². The molecule has 3 atom stereocenters. The number of hydrogen-bond donors (Lipinski definition) is 4. The number of ether oxygens (including phenoxy) is 1. The second kappa shape index (κ2) is 18.9. The molecule has 186 valence electrons. The number of amides is 2. The molecule has 0 heterocycles. The molecular formula is C21H33Li2N4O7P. The van der Waals surface area contributed by atoms with Crippen molar-refractivity contribution in [3.05, 3.63) is 35.9 Å². The number of carbonyl (C=O) groups excluding carboxylic acids is 3. The topological polar surface area (TPSA) is 186 Å². The van der Waals surface area contributed by atoms with Crippen LogP contribution in [0, 0.1) is 5.92 Å². The van der Waals surface area contributed by atoms with Crippen LogP contribution in [-0.2, 0) is 25.5 Å². The van der Waals surface area contributed by atoms with Gasteiger partial charge in [0.15, 0.2) is 0 Å². The summed E-state index contributed by atoms with van der Waals surface area (Å²) in [6.07, 6.45) is -0.438. The van der Waals surface area contributed by atoms with Crippen molar-refractivity contribution in [1.82, 2.24) is 15.7 Å². The van der Waals surface area contributed by atoms with Crippen LogP contribution in [-0.4, -0.2) is 42.9 Å². The molecule has 0 aromatic heterocycles. The number of alkyl carbamates (subject to hydrolysis) is 1. The normalized spacial score (nSPS) is 13.9. The molecule has 35 heavy (non-hydrogen) atoms. The Morgan fingerprint density at radius 2 is 1.71 bits per heavy atom. The summed E-state index contributed by atoms with van der Waals surface area (Å²) in [5, 5.41) is 18.1. The Bertz CT molecular complexity index is 818. The van der Waals surface area contributed by atoms with Gasteiger partial charge in [0.05, 0.1) is 31.9 Å². The number of nitrogens with one attached hydrogen (secondary N) is 3. The molecule has 0 saturated heterocycles. The van der Waals surface area contributed by atoms with Crippen molar-refractivity contribution < 1.29 is 71.4 Å². The molecule has 0 bridgehead atoms. The van der Waals surface area contributed by atoms with Gasteiger partial charge in [0, 0.05) is 0 Å². The minimum atomic E-state index is -4.45. The van der Waals surface area contributed by atoms with Gasteiger partial charge in [-0.2, -0.15) is 0 Å². The third-order valence-corrected chi connectivity index (χ3v) is 5.85. The van der Waals surface area contributed by atoms with E-state index in [4.69, 9.17) is 10.5 Å². The average molecular weight is 498 g/mol. The summed E-state index contributed by atoms with van der Waals surface area (Å²) in [6, 6.07) is 6.37. The van der Waals surface area contributed by atoms with Gasteiger partial charge >= 0.3 is 43.8 Å². The number of aliphatic carboxylic acids is 1. The zero-order valence-electron chi connectivity index (χ0n) is 21.0. The fraction of sp³-hybridized carbons (Fsp3) is 0.571. The van der Waals surface area contributed by atoms with E-state index < -0.39 is 43.9 Å². The molecule has 0 aliphatic heterocycles. The molecular weight excluding hydrogens is 465 g/mol. The van der Waals surface area contributed by atoms with Crippen LogP contribution in [0.25, 0.3) is 0 Å². The maximum Gasteiger partial charge on any atom is 1.00 e. The van der Waals surface area contributed by atoms with E-state index in [0.717, 1.165) is 5.56 Å². The number of unbranched alkanes of at least 4 members (excludes halogenated alkanes) is 1. The number of carboxylic acids is 1. The monoisotopic (exact) mass is 498 g/mol. The SMILES string of the molecule is CC(C)C[C@H](NP(=O)([O-])CNC(=O)OCc1ccccc1)C(=O)N[C@@H](CCCCN)C(=O)[O-].[Li+].[Li+]. The van der Waals surface area contributed by atoms with Crippen LogP contribution in [0.5, 0.6) is 0 Å². The van der Waals surface area contributed by atoms with E-state index in [1.54, 1.807) is 38.1 Å². The first-order valence-electron chi connectivity index (χ1n) is 10.8. The zero-order valence-corrected chi connectivity index (χ0v) is 21.8. The van der Waals surface area contributed by atoms with Gasteiger partial charge in [-0.25, -0.2) is 4.79 Å². The molecule has 1 unspecified atom stereocenters. The maximum absolute atomic E-state index is 12.6. The molecule has 0 aliphatic rings. The second-order valence-electron chi connectivity index (χ2n) is 8.05. The van der Waals surface area contributed by atoms with Crippen molar-refractivity contribution in [3.8, 4) is 0 Å². The number of carbonyl (C=O) groups is 3. The minimum Gasteiger partial charge on any atom is -0.787 e. The molecule has 0 saturated carbocycles. The van der Waals surface area contributed by atoms with Crippen LogP contribution >= 0.6 is 7.52 Å². The van der Waals surface area contributed by atoms with Crippen molar-refractivity contribution in [2.75, 3.05) is 12.8 Å². The van der Waals surface area contributed by atoms with Crippen LogP contribution in [0.2, 0.25) is 0 Å². The summed E-state index contributed by atoms with van der Waals surface area (Å²) < 4.78 is 17.4. The van der Waals surface area contributed by atoms with Crippen LogP contribution in [0.4, 0.5) is 4.79 Å². The molecule has 1 rings (SSSR count). The van der Waals surface area contributed by atoms with E-state index in [0.29, 0.717) is 19.4 Å². The van der Waals surface area contributed by atoms with Gasteiger partial charge in [-0.3, -0.25) is 9.88 Å². The largest absolute Gasteiger partial charge is 1.00 e. The Balaban J connectivity index is 0. The summed E-state index contributed by atoms with van der Waals surface area (Å²) >= 11 is 0. The molecule has 0 fully saturated rings. The number of benzene rings is 1. The molecule has 2 amide bonds. The van der Waals surface area contributed by atoms with E-state index in [1.165, 1.54) is 0 Å². The third kappa shape index (κ3) is 16.2. The van der Waals surface area contributed by atoms with Crippen molar-refractivity contribution in [2.24, 2.45) is 11.7 Å². The van der Waals surface area contributed by atoms with Gasteiger partial charge in [0.2, 0.25) is 5.91 Å². The molecule has 5 N–H and O–H groups in total. The van der Waals surface area contributed by atoms with Crippen LogP contribution in [0.15, 0.2) is 30.3 Å². The first-order valence-corrected chi connectivity index (χ1v) is 12.6. The fourth-order valence-electron chi connectivity index (χ4n) is 2.93. The maximum atomic E-state index is 12.6. The predicted molar refractivity (Wildman–Crippen MR) is 118 cm³/mol. The Labute approximate surface area is 230 Å². The Morgan fingerprint density at radius 1 is 1.09 bits per heavy atom. The van der Waals surface area contributed by atoms with Crippen LogP contribution < -0.4 is 69.2 Å². The Hall–Kier alpha value is -1.27. The summed E-state index contributed by atoms with van der Waals surface area (Å²) in [5.41, 5.74) is 6.13. The van der Waals surface area contributed by atoms with E-state index >= 15 is 0 Å². The molecule has 11 nitrogen and oxygen atoms in total. The van der Waals surface area contributed by atoms with Crippen LogP contribution in [0.3, 0.4) is 0 Å². The van der Waals surface area contributed by atoms with E-state index in [-0.39, 0.29) is 63.1 Å². The second-order valence-corrected chi connectivity index (χ2v) is 9.97. The first kappa shape index (κ1) is 35.9. The molecule has 14 heteroatoms. The van der Waals surface area contributed by atoms with E-state index in [1.807, 2.05) is 6.07 Å².